The number of hydrogen-bond acceptors (Lipinski definition) is 8. The number of benzene rings is 3. The average molecular weight is 653 g/mol. The monoisotopic (exact) mass is 652 g/mol. The van der Waals surface area contributed by atoms with Crippen LogP contribution in [0.1, 0.15) is 36.8 Å². The largest absolute Gasteiger partial charge is 0.494 e. The van der Waals surface area contributed by atoms with Crippen LogP contribution in [0, 0.1) is 0 Å². The number of nitrogens with one attached hydrogen (secondary N) is 2. The van der Waals surface area contributed by atoms with Gasteiger partial charge in [-0.15, -0.1) is 0 Å². The molecule has 0 atom stereocenters. The van der Waals surface area contributed by atoms with Crippen molar-refractivity contribution in [3.8, 4) is 11.5 Å². The highest BCUT2D eigenvalue weighted by molar-refractivity contribution is 6.03. The summed E-state index contributed by atoms with van der Waals surface area (Å²) < 4.78 is 21.2. The Balaban J connectivity index is 1.33. The molecule has 0 saturated carbocycles. The topological polar surface area (TPSA) is 129 Å². The number of carbonyl (C=O) groups is 4. The Labute approximate surface area is 280 Å². The van der Waals surface area contributed by atoms with E-state index in [0.717, 1.165) is 36.1 Å². The highest BCUT2D eigenvalue weighted by atomic mass is 16.5. The first-order chi connectivity index (χ1) is 23.3. The van der Waals surface area contributed by atoms with Crippen LogP contribution in [0.4, 0.5) is 11.4 Å². The summed E-state index contributed by atoms with van der Waals surface area (Å²) in [4.78, 5) is 46.8. The van der Waals surface area contributed by atoms with E-state index >= 15 is 0 Å². The molecule has 3 rings (SSSR count). The van der Waals surface area contributed by atoms with Gasteiger partial charge in [-0.3, -0.25) is 9.59 Å². The fraction of sp³-hybridized carbons (Fsp3) is 0.211. The van der Waals surface area contributed by atoms with Crippen LogP contribution in [-0.4, -0.2) is 50.2 Å². The molecule has 0 aromatic heterocycles. The molecular weight excluding hydrogens is 612 g/mol. The second kappa shape index (κ2) is 21.0. The molecule has 10 heteroatoms. The van der Waals surface area contributed by atoms with Gasteiger partial charge in [-0.25, -0.2) is 9.59 Å². The Morgan fingerprint density at radius 1 is 0.521 bits per heavy atom. The minimum absolute atomic E-state index is 0.296. The van der Waals surface area contributed by atoms with Crippen molar-refractivity contribution in [1.29, 1.82) is 0 Å². The molecule has 0 bridgehead atoms. The Hall–Kier alpha value is -5.90. The Morgan fingerprint density at radius 2 is 0.875 bits per heavy atom. The third kappa shape index (κ3) is 14.9. The SMILES string of the molecule is C=CC(=O)OCCCCOc1ccc(/C=C/C(=O)Nc2ccc(NC(=O)/C=C/c3ccc(OCCCCOC(=O)C=C)cc3)cc2)cc1. The predicted octanol–water partition coefficient (Wildman–Crippen LogP) is 6.77. The summed E-state index contributed by atoms with van der Waals surface area (Å²) in [7, 11) is 0. The molecule has 0 aliphatic rings. The molecule has 2 N–H and O–H groups in total. The second-order valence-electron chi connectivity index (χ2n) is 10.2. The highest BCUT2D eigenvalue weighted by Crippen LogP contribution is 2.17. The Kier molecular flexibility index (Phi) is 16.0. The van der Waals surface area contributed by atoms with E-state index in [-0.39, 0.29) is 11.8 Å². The lowest BCUT2D eigenvalue weighted by atomic mass is 10.2. The lowest BCUT2D eigenvalue weighted by Gasteiger charge is -2.07. The zero-order valence-electron chi connectivity index (χ0n) is 26.7. The average Bonchev–Trinajstić information content (AvgIpc) is 3.11. The maximum absolute atomic E-state index is 12.4. The zero-order valence-corrected chi connectivity index (χ0v) is 26.7. The minimum atomic E-state index is -0.430. The first-order valence-corrected chi connectivity index (χ1v) is 15.5. The lowest BCUT2D eigenvalue weighted by molar-refractivity contribution is -0.138. The van der Waals surface area contributed by atoms with E-state index in [1.165, 1.54) is 12.2 Å². The molecule has 0 aliphatic carbocycles. The van der Waals surface area contributed by atoms with E-state index < -0.39 is 11.9 Å². The number of ether oxygens (including phenoxy) is 4. The molecule has 0 unspecified atom stereocenters. The van der Waals surface area contributed by atoms with Crippen molar-refractivity contribution in [3.63, 3.8) is 0 Å². The maximum Gasteiger partial charge on any atom is 0.330 e. The van der Waals surface area contributed by atoms with Crippen molar-refractivity contribution in [2.45, 2.75) is 25.7 Å². The molecule has 0 radical (unpaired) electrons. The van der Waals surface area contributed by atoms with E-state index in [9.17, 15) is 19.2 Å². The summed E-state index contributed by atoms with van der Waals surface area (Å²) >= 11 is 0. The Morgan fingerprint density at radius 3 is 1.23 bits per heavy atom. The minimum Gasteiger partial charge on any atom is -0.494 e. The van der Waals surface area contributed by atoms with Gasteiger partial charge in [0.2, 0.25) is 11.8 Å². The summed E-state index contributed by atoms with van der Waals surface area (Å²) in [6, 6.07) is 21.5. The zero-order chi connectivity index (χ0) is 34.4. The summed E-state index contributed by atoms with van der Waals surface area (Å²) in [5.74, 6) is -0.0400. The number of unbranched alkanes of at least 4 members (excludes halogenated alkanes) is 2. The van der Waals surface area contributed by atoms with Gasteiger partial charge < -0.3 is 29.6 Å². The fourth-order valence-electron chi connectivity index (χ4n) is 3.95. The van der Waals surface area contributed by atoms with E-state index in [0.29, 0.717) is 62.1 Å². The van der Waals surface area contributed by atoms with Gasteiger partial charge in [-0.2, -0.15) is 0 Å². The van der Waals surface area contributed by atoms with Crippen LogP contribution in [0.2, 0.25) is 0 Å². The van der Waals surface area contributed by atoms with Crippen LogP contribution in [0.15, 0.2) is 110 Å². The molecule has 3 aromatic rings. The van der Waals surface area contributed by atoms with Gasteiger partial charge >= 0.3 is 11.9 Å². The maximum atomic E-state index is 12.4. The van der Waals surface area contributed by atoms with Crippen molar-refractivity contribution in [2.24, 2.45) is 0 Å². The number of amides is 2. The quantitative estimate of drug-likeness (QED) is 0.0778. The highest BCUT2D eigenvalue weighted by Gasteiger charge is 2.03. The van der Waals surface area contributed by atoms with Crippen LogP contribution < -0.4 is 20.1 Å². The number of hydrogen-bond donors (Lipinski definition) is 2. The first-order valence-electron chi connectivity index (χ1n) is 15.5. The standard InChI is InChI=1S/C38H40N2O8/c1-3-37(43)47-27-7-5-25-45-33-19-9-29(10-20-33)13-23-35(41)39-31-15-17-32(18-16-31)40-36(42)24-14-30-11-21-34(22-12-30)46-26-6-8-28-48-38(44)4-2/h3-4,9-24H,1-2,5-8,25-28H2,(H,39,41)(H,40,42)/b23-13+,24-14+. The normalized spacial score (nSPS) is 10.7. The van der Waals surface area contributed by atoms with Crippen LogP contribution in [0.5, 0.6) is 11.5 Å². The molecule has 3 aromatic carbocycles. The van der Waals surface area contributed by atoms with E-state index in [1.807, 2.05) is 48.5 Å². The summed E-state index contributed by atoms with van der Waals surface area (Å²) in [6.07, 6.45) is 11.4. The van der Waals surface area contributed by atoms with E-state index in [2.05, 4.69) is 23.8 Å². The molecule has 48 heavy (non-hydrogen) atoms. The third-order valence-corrected chi connectivity index (χ3v) is 6.47. The lowest BCUT2D eigenvalue weighted by Crippen LogP contribution is -2.09. The number of anilines is 2. The van der Waals surface area contributed by atoms with Crippen molar-refractivity contribution < 1.29 is 38.1 Å². The molecular formula is C38H40N2O8. The number of esters is 2. The molecule has 2 amide bonds. The van der Waals surface area contributed by atoms with Gasteiger partial charge in [0.1, 0.15) is 11.5 Å². The van der Waals surface area contributed by atoms with Gasteiger partial charge in [0.25, 0.3) is 0 Å². The molecule has 0 spiro atoms. The van der Waals surface area contributed by atoms with Gasteiger partial charge in [0.05, 0.1) is 26.4 Å². The molecule has 0 heterocycles. The van der Waals surface area contributed by atoms with Crippen LogP contribution >= 0.6 is 0 Å². The molecule has 0 saturated heterocycles. The first kappa shape index (κ1) is 36.6. The fourth-order valence-corrected chi connectivity index (χ4v) is 3.95. The van der Waals surface area contributed by atoms with Gasteiger partial charge in [-0.05, 0) is 97.5 Å². The third-order valence-electron chi connectivity index (χ3n) is 6.47. The van der Waals surface area contributed by atoms with Crippen LogP contribution in [-0.2, 0) is 28.7 Å². The van der Waals surface area contributed by atoms with Crippen LogP contribution in [0.3, 0.4) is 0 Å². The summed E-state index contributed by atoms with van der Waals surface area (Å²) in [6.45, 7) is 8.35. The molecule has 10 nitrogen and oxygen atoms in total. The predicted molar refractivity (Wildman–Crippen MR) is 186 cm³/mol. The number of carbonyl (C=O) groups excluding carboxylic acids is 4. The number of rotatable bonds is 20. The smallest absolute Gasteiger partial charge is 0.330 e. The molecule has 0 fully saturated rings. The van der Waals surface area contributed by atoms with Crippen molar-refractivity contribution in [2.75, 3.05) is 37.1 Å². The summed E-state index contributed by atoms with van der Waals surface area (Å²) in [5.41, 5.74) is 2.84. The van der Waals surface area contributed by atoms with E-state index in [4.69, 9.17) is 18.9 Å². The second-order valence-corrected chi connectivity index (χ2v) is 10.2. The van der Waals surface area contributed by atoms with Crippen molar-refractivity contribution >= 4 is 47.3 Å². The van der Waals surface area contributed by atoms with Gasteiger partial charge in [0.15, 0.2) is 0 Å². The van der Waals surface area contributed by atoms with E-state index in [1.54, 1.807) is 36.4 Å². The van der Waals surface area contributed by atoms with Crippen molar-refractivity contribution in [3.05, 3.63) is 121 Å². The molecule has 250 valence electrons. The van der Waals surface area contributed by atoms with Gasteiger partial charge in [0, 0.05) is 35.7 Å². The van der Waals surface area contributed by atoms with Crippen molar-refractivity contribution in [1.82, 2.24) is 0 Å². The van der Waals surface area contributed by atoms with Crippen LogP contribution in [0.25, 0.3) is 12.2 Å². The van der Waals surface area contributed by atoms with Gasteiger partial charge in [-0.1, -0.05) is 37.4 Å². The summed E-state index contributed by atoms with van der Waals surface area (Å²) in [5, 5.41) is 5.59. The molecule has 0 aliphatic heterocycles. The Bertz CT molecular complexity index is 1440.